The van der Waals surface area contributed by atoms with Gasteiger partial charge in [0.15, 0.2) is 0 Å². The molecule has 2 aliphatic rings. The highest BCUT2D eigenvalue weighted by atomic mass is 35.5. The number of benzene rings is 2. The number of carbonyl (C=O) groups excluding carboxylic acids is 1. The highest BCUT2D eigenvalue weighted by Gasteiger charge is 2.53. The average Bonchev–Trinajstić information content (AvgIpc) is 2.67. The molecule has 5 nitrogen and oxygen atoms in total. The van der Waals surface area contributed by atoms with Crippen LogP contribution in [0.1, 0.15) is 26.3 Å². The largest absolute Gasteiger partial charge is 0.444 e. The number of pyridine rings is 1. The molecule has 0 N–H and O–H groups in total. The number of ether oxygens (including phenoxy) is 1. The van der Waals surface area contributed by atoms with Gasteiger partial charge < -0.3 is 9.64 Å². The summed E-state index contributed by atoms with van der Waals surface area (Å²) in [5, 5.41) is 1.49. The molecule has 1 amide bonds. The van der Waals surface area contributed by atoms with Gasteiger partial charge in [-0.2, -0.15) is 0 Å². The summed E-state index contributed by atoms with van der Waals surface area (Å²) < 4.78 is 20.4. The van der Waals surface area contributed by atoms with E-state index in [1.54, 1.807) is 23.2 Å². The van der Waals surface area contributed by atoms with Crippen LogP contribution in [0.25, 0.3) is 22.0 Å². The van der Waals surface area contributed by atoms with Crippen LogP contribution < -0.4 is 0 Å². The Balaban J connectivity index is 1.19. The van der Waals surface area contributed by atoms with Crippen LogP contribution in [0.15, 0.2) is 48.7 Å². The Morgan fingerprint density at radius 2 is 1.88 bits per heavy atom. The molecule has 2 aliphatic heterocycles. The summed E-state index contributed by atoms with van der Waals surface area (Å²) in [5.74, 6) is -0.246. The minimum Gasteiger partial charge on any atom is -0.444 e. The maximum Gasteiger partial charge on any atom is 0.410 e. The molecule has 0 saturated carbocycles. The minimum absolute atomic E-state index is 0.161. The summed E-state index contributed by atoms with van der Waals surface area (Å²) in [6.07, 6.45) is 1.41. The van der Waals surface area contributed by atoms with E-state index in [9.17, 15) is 9.18 Å². The lowest BCUT2D eigenvalue weighted by molar-refractivity contribution is -0.115. The van der Waals surface area contributed by atoms with Crippen LogP contribution in [0, 0.1) is 11.2 Å². The van der Waals surface area contributed by atoms with Gasteiger partial charge in [-0.15, -0.1) is 0 Å². The van der Waals surface area contributed by atoms with Crippen molar-refractivity contribution >= 4 is 28.6 Å². The zero-order valence-corrected chi connectivity index (χ0v) is 19.8. The Bertz CT molecular complexity index is 1230. The summed E-state index contributed by atoms with van der Waals surface area (Å²) in [7, 11) is 0. The number of amides is 1. The van der Waals surface area contributed by atoms with Crippen LogP contribution in [0.2, 0.25) is 5.02 Å². The van der Waals surface area contributed by atoms with Gasteiger partial charge >= 0.3 is 6.09 Å². The van der Waals surface area contributed by atoms with Gasteiger partial charge in [-0.1, -0.05) is 35.9 Å². The first kappa shape index (κ1) is 22.1. The van der Waals surface area contributed by atoms with Crippen LogP contribution in [0.4, 0.5) is 9.18 Å². The second kappa shape index (κ2) is 7.96. The molecule has 0 radical (unpaired) electrons. The molecule has 2 fully saturated rings. The number of hydrogen-bond acceptors (Lipinski definition) is 4. The monoisotopic (exact) mass is 467 g/mol. The molecule has 3 aromatic rings. The van der Waals surface area contributed by atoms with E-state index in [0.717, 1.165) is 48.2 Å². The Labute approximate surface area is 198 Å². The Morgan fingerprint density at radius 1 is 1.12 bits per heavy atom. The first-order valence-electron chi connectivity index (χ1n) is 11.1. The summed E-state index contributed by atoms with van der Waals surface area (Å²) in [6, 6.07) is 12.8. The zero-order valence-electron chi connectivity index (χ0n) is 19.1. The number of fused-ring (bicyclic) bond motifs is 1. The highest BCUT2D eigenvalue weighted by molar-refractivity contribution is 6.35. The smallest absolute Gasteiger partial charge is 0.410 e. The topological polar surface area (TPSA) is 45.7 Å². The van der Waals surface area contributed by atoms with E-state index >= 15 is 0 Å². The molecule has 7 heteroatoms. The van der Waals surface area contributed by atoms with E-state index in [-0.39, 0.29) is 17.3 Å². The lowest BCUT2D eigenvalue weighted by atomic mass is 9.73. The SMILES string of the molecule is CC(C)(C)OC(=O)N1CC2(CN(Cc3ccc(-c4ccc5c(Cl)ccnc5c4)c(F)c3)C2)C1. The molecule has 0 bridgehead atoms. The number of rotatable bonds is 3. The minimum atomic E-state index is -0.474. The van der Waals surface area contributed by atoms with E-state index in [0.29, 0.717) is 17.1 Å². The molecule has 3 heterocycles. The lowest BCUT2D eigenvalue weighted by Crippen LogP contribution is -2.72. The molecular formula is C26H27ClFN3O2. The van der Waals surface area contributed by atoms with Crippen LogP contribution >= 0.6 is 11.6 Å². The number of carbonyl (C=O) groups is 1. The molecule has 0 atom stereocenters. The lowest BCUT2D eigenvalue weighted by Gasteiger charge is -2.60. The molecule has 1 spiro atoms. The summed E-state index contributed by atoms with van der Waals surface area (Å²) >= 11 is 6.21. The van der Waals surface area contributed by atoms with Crippen LogP contribution in [-0.4, -0.2) is 52.7 Å². The van der Waals surface area contributed by atoms with Crippen molar-refractivity contribution in [1.29, 1.82) is 0 Å². The van der Waals surface area contributed by atoms with Crippen molar-refractivity contribution < 1.29 is 13.9 Å². The quantitative estimate of drug-likeness (QED) is 0.492. The molecular weight excluding hydrogens is 441 g/mol. The molecule has 172 valence electrons. The van der Waals surface area contributed by atoms with Crippen LogP contribution in [0.5, 0.6) is 0 Å². The maximum atomic E-state index is 15.0. The van der Waals surface area contributed by atoms with Crippen LogP contribution in [0.3, 0.4) is 0 Å². The number of hydrogen-bond donors (Lipinski definition) is 0. The molecule has 0 unspecified atom stereocenters. The number of likely N-dealkylation sites (tertiary alicyclic amines) is 2. The van der Waals surface area contributed by atoms with Gasteiger partial charge in [0.1, 0.15) is 11.4 Å². The molecule has 33 heavy (non-hydrogen) atoms. The molecule has 2 saturated heterocycles. The van der Waals surface area contributed by atoms with E-state index in [2.05, 4.69) is 9.88 Å². The van der Waals surface area contributed by atoms with Gasteiger partial charge in [0.2, 0.25) is 0 Å². The van der Waals surface area contributed by atoms with Crippen molar-refractivity contribution in [2.45, 2.75) is 32.9 Å². The predicted molar refractivity (Wildman–Crippen MR) is 128 cm³/mol. The summed E-state index contributed by atoms with van der Waals surface area (Å²) in [5.41, 5.74) is 2.70. The third-order valence-corrected chi connectivity index (χ3v) is 6.59. The standard InChI is InChI=1S/C26H27ClFN3O2/c1-25(2,3)33-24(32)31-15-26(16-31)13-30(14-26)12-17-4-6-19(22(28)10-17)18-5-7-20-21(27)8-9-29-23(20)11-18/h4-11H,12-16H2,1-3H3. The third-order valence-electron chi connectivity index (χ3n) is 6.26. The van der Waals surface area contributed by atoms with E-state index < -0.39 is 5.60 Å². The van der Waals surface area contributed by atoms with Crippen molar-refractivity contribution in [3.63, 3.8) is 0 Å². The maximum absolute atomic E-state index is 15.0. The first-order chi connectivity index (χ1) is 15.6. The fraction of sp³-hybridized carbons (Fsp3) is 0.385. The predicted octanol–water partition coefficient (Wildman–Crippen LogP) is 5.75. The second-order valence-electron chi connectivity index (χ2n) is 10.3. The van der Waals surface area contributed by atoms with Crippen LogP contribution in [-0.2, 0) is 11.3 Å². The Kier molecular flexibility index (Phi) is 5.33. The number of halogens is 2. The molecule has 5 rings (SSSR count). The van der Waals surface area contributed by atoms with Crippen molar-refractivity contribution in [2.75, 3.05) is 26.2 Å². The molecule has 2 aromatic carbocycles. The summed E-state index contributed by atoms with van der Waals surface area (Å²) in [6.45, 7) is 9.60. The second-order valence-corrected chi connectivity index (χ2v) is 10.7. The number of nitrogens with zero attached hydrogens (tertiary/aromatic N) is 3. The van der Waals surface area contributed by atoms with Gasteiger partial charge in [0, 0.05) is 55.3 Å². The Hall–Kier alpha value is -2.70. The Morgan fingerprint density at radius 3 is 2.58 bits per heavy atom. The van der Waals surface area contributed by atoms with Crippen molar-refractivity contribution in [2.24, 2.45) is 5.41 Å². The van der Waals surface area contributed by atoms with Gasteiger partial charge in [-0.05, 0) is 50.1 Å². The fourth-order valence-electron chi connectivity index (χ4n) is 4.86. The first-order valence-corrected chi connectivity index (χ1v) is 11.5. The van der Waals surface area contributed by atoms with Gasteiger partial charge in [0.05, 0.1) is 10.5 Å². The third kappa shape index (κ3) is 4.42. The molecule has 0 aliphatic carbocycles. The van der Waals surface area contributed by atoms with Gasteiger partial charge in [0.25, 0.3) is 0 Å². The van der Waals surface area contributed by atoms with Gasteiger partial charge in [-0.3, -0.25) is 9.88 Å². The van der Waals surface area contributed by atoms with E-state index in [4.69, 9.17) is 16.3 Å². The fourth-order valence-corrected chi connectivity index (χ4v) is 5.08. The van der Waals surface area contributed by atoms with Crippen molar-refractivity contribution in [3.8, 4) is 11.1 Å². The normalized spacial score (nSPS) is 17.7. The summed E-state index contributed by atoms with van der Waals surface area (Å²) in [4.78, 5) is 20.6. The van der Waals surface area contributed by atoms with Crippen molar-refractivity contribution in [1.82, 2.24) is 14.8 Å². The highest BCUT2D eigenvalue weighted by Crippen LogP contribution is 2.41. The van der Waals surface area contributed by atoms with Crippen molar-refractivity contribution in [3.05, 3.63) is 65.1 Å². The molecule has 1 aromatic heterocycles. The van der Waals surface area contributed by atoms with E-state index in [1.165, 1.54) is 0 Å². The average molecular weight is 468 g/mol. The zero-order chi connectivity index (χ0) is 23.4. The van der Waals surface area contributed by atoms with E-state index in [1.807, 2.05) is 51.1 Å². The van der Waals surface area contributed by atoms with Gasteiger partial charge in [-0.25, -0.2) is 9.18 Å². The number of aromatic nitrogens is 1.